The van der Waals surface area contributed by atoms with Crippen LogP contribution >= 0.6 is 0 Å². The summed E-state index contributed by atoms with van der Waals surface area (Å²) in [6.07, 6.45) is 6.65. The smallest absolute Gasteiger partial charge is 0.269 e. The zero-order valence-corrected chi connectivity index (χ0v) is 17.3. The molecule has 2 aliphatic rings. The molecule has 8 nitrogen and oxygen atoms in total. The molecule has 1 fully saturated rings. The van der Waals surface area contributed by atoms with Gasteiger partial charge < -0.3 is 16.0 Å². The summed E-state index contributed by atoms with van der Waals surface area (Å²) in [6, 6.07) is 11.1. The molecule has 1 aliphatic carbocycles. The second-order valence-electron chi connectivity index (χ2n) is 8.39. The molecule has 2 aromatic carbocycles. The van der Waals surface area contributed by atoms with Crippen LogP contribution in [0.15, 0.2) is 42.5 Å². The minimum atomic E-state index is -0.553. The lowest BCUT2D eigenvalue weighted by Gasteiger charge is -2.40. The molecule has 0 aromatic heterocycles. The van der Waals surface area contributed by atoms with Gasteiger partial charge in [0.25, 0.3) is 5.69 Å². The molecule has 8 heteroatoms. The summed E-state index contributed by atoms with van der Waals surface area (Å²) in [5, 5.41) is 13.9. The number of non-ortho nitro benzene ring substituents is 1. The van der Waals surface area contributed by atoms with Gasteiger partial charge in [0.15, 0.2) is 0 Å². The number of nitro groups is 1. The van der Waals surface area contributed by atoms with E-state index >= 15 is 0 Å². The number of hydrogen-bond donors (Lipinski definition) is 2. The van der Waals surface area contributed by atoms with Crippen LogP contribution in [0.2, 0.25) is 0 Å². The minimum Gasteiger partial charge on any atom is -0.366 e. The number of nitrogens with one attached hydrogen (secondary N) is 1. The molecular weight excluding hydrogens is 396 g/mol. The number of rotatable bonds is 6. The zero-order valence-electron chi connectivity index (χ0n) is 17.3. The van der Waals surface area contributed by atoms with Crippen LogP contribution < -0.4 is 16.0 Å². The van der Waals surface area contributed by atoms with Crippen LogP contribution in [0.5, 0.6) is 0 Å². The highest BCUT2D eigenvalue weighted by molar-refractivity contribution is 6.05. The van der Waals surface area contributed by atoms with E-state index < -0.39 is 10.8 Å². The first-order valence-electron chi connectivity index (χ1n) is 10.7. The van der Waals surface area contributed by atoms with Crippen molar-refractivity contribution in [2.45, 2.75) is 51.1 Å². The number of nitro benzene ring substituents is 1. The number of benzene rings is 2. The predicted octanol–water partition coefficient (Wildman–Crippen LogP) is 3.99. The molecular formula is C23H26N4O4. The quantitative estimate of drug-likeness (QED) is 0.539. The number of carbonyl (C=O) groups is 2. The number of fused-ring (bicyclic) bond motifs is 1. The number of nitrogens with zero attached hydrogens (tertiary/aromatic N) is 2. The highest BCUT2D eigenvalue weighted by Gasteiger charge is 2.35. The SMILES string of the molecule is NC(=O)c1ccc2c(c1)NC(=O)[C@H](CC1CCCCC1)N2Cc1ccc([N+](=O)[O-])cc1. The van der Waals surface area contributed by atoms with E-state index in [0.717, 1.165) is 30.5 Å². The molecule has 162 valence electrons. The number of primary amides is 1. The maximum atomic E-state index is 13.1. The summed E-state index contributed by atoms with van der Waals surface area (Å²) in [4.78, 5) is 37.3. The molecule has 2 aromatic rings. The van der Waals surface area contributed by atoms with Gasteiger partial charge in [-0.15, -0.1) is 0 Å². The van der Waals surface area contributed by atoms with Crippen molar-refractivity contribution in [2.24, 2.45) is 11.7 Å². The van der Waals surface area contributed by atoms with Crippen molar-refractivity contribution in [3.05, 3.63) is 63.7 Å². The van der Waals surface area contributed by atoms with E-state index in [4.69, 9.17) is 5.73 Å². The number of nitrogens with two attached hydrogens (primary N) is 1. The van der Waals surface area contributed by atoms with Crippen LogP contribution in [0.25, 0.3) is 0 Å². The van der Waals surface area contributed by atoms with Gasteiger partial charge in [-0.05, 0) is 36.1 Å². The van der Waals surface area contributed by atoms with Gasteiger partial charge in [0, 0.05) is 24.2 Å². The highest BCUT2D eigenvalue weighted by atomic mass is 16.6. The fourth-order valence-corrected chi connectivity index (χ4v) is 4.65. The monoisotopic (exact) mass is 422 g/mol. The summed E-state index contributed by atoms with van der Waals surface area (Å²) in [5.74, 6) is -0.153. The van der Waals surface area contributed by atoms with E-state index in [0.29, 0.717) is 23.7 Å². The third-order valence-electron chi connectivity index (χ3n) is 6.31. The number of amides is 2. The fourth-order valence-electron chi connectivity index (χ4n) is 4.65. The molecule has 4 rings (SSSR count). The standard InChI is InChI=1S/C23H26N4O4/c24-22(28)17-8-11-20-19(13-17)25-23(29)21(12-15-4-2-1-3-5-15)26(20)14-16-6-9-18(10-7-16)27(30)31/h6-11,13,15,21H,1-5,12,14H2,(H2,24,28)(H,25,29)/t21-/m0/s1. The molecule has 0 spiro atoms. The normalized spacial score (nSPS) is 18.9. The van der Waals surface area contributed by atoms with Gasteiger partial charge in [0.2, 0.25) is 11.8 Å². The van der Waals surface area contributed by atoms with E-state index in [1.807, 2.05) is 6.07 Å². The van der Waals surface area contributed by atoms with Gasteiger partial charge in [-0.3, -0.25) is 19.7 Å². The second kappa shape index (κ2) is 8.75. The Morgan fingerprint density at radius 1 is 1.13 bits per heavy atom. The van der Waals surface area contributed by atoms with Crippen LogP contribution in [0.1, 0.15) is 54.4 Å². The summed E-state index contributed by atoms with van der Waals surface area (Å²) in [5.41, 5.74) is 8.03. The molecule has 1 atom stereocenters. The van der Waals surface area contributed by atoms with Gasteiger partial charge in [-0.2, -0.15) is 0 Å². The largest absolute Gasteiger partial charge is 0.366 e. The van der Waals surface area contributed by atoms with Crippen LogP contribution in [0.3, 0.4) is 0 Å². The van der Waals surface area contributed by atoms with Gasteiger partial charge >= 0.3 is 0 Å². The Kier molecular flexibility index (Phi) is 5.88. The lowest BCUT2D eigenvalue weighted by Crippen LogP contribution is -2.48. The third kappa shape index (κ3) is 4.52. The lowest BCUT2D eigenvalue weighted by molar-refractivity contribution is -0.384. The number of carbonyl (C=O) groups excluding carboxylic acids is 2. The Bertz CT molecular complexity index is 999. The summed E-state index contributed by atoms with van der Waals surface area (Å²) >= 11 is 0. The summed E-state index contributed by atoms with van der Waals surface area (Å²) in [6.45, 7) is 0.436. The Balaban J connectivity index is 1.67. The van der Waals surface area contributed by atoms with Gasteiger partial charge in [-0.1, -0.05) is 44.2 Å². The first-order valence-corrected chi connectivity index (χ1v) is 10.7. The van der Waals surface area contributed by atoms with Crippen molar-refractivity contribution >= 4 is 28.9 Å². The average molecular weight is 422 g/mol. The van der Waals surface area contributed by atoms with Crippen molar-refractivity contribution in [1.29, 1.82) is 0 Å². The van der Waals surface area contributed by atoms with Crippen LogP contribution in [0.4, 0.5) is 17.1 Å². The molecule has 1 saturated carbocycles. The topological polar surface area (TPSA) is 119 Å². The van der Waals surface area contributed by atoms with Gasteiger partial charge in [-0.25, -0.2) is 0 Å². The summed E-state index contributed by atoms with van der Waals surface area (Å²) in [7, 11) is 0. The van der Waals surface area contributed by atoms with E-state index in [9.17, 15) is 19.7 Å². The van der Waals surface area contributed by atoms with Crippen LogP contribution in [0, 0.1) is 16.0 Å². The molecule has 0 saturated heterocycles. The number of hydrogen-bond acceptors (Lipinski definition) is 5. The fraction of sp³-hybridized carbons (Fsp3) is 0.391. The Morgan fingerprint density at radius 2 is 1.84 bits per heavy atom. The molecule has 0 radical (unpaired) electrons. The molecule has 31 heavy (non-hydrogen) atoms. The lowest BCUT2D eigenvalue weighted by atomic mass is 9.83. The molecule has 3 N–H and O–H groups in total. The maximum absolute atomic E-state index is 13.1. The van der Waals surface area contributed by atoms with E-state index in [1.54, 1.807) is 24.3 Å². The van der Waals surface area contributed by atoms with Crippen LogP contribution in [-0.4, -0.2) is 22.8 Å². The van der Waals surface area contributed by atoms with E-state index in [1.165, 1.54) is 31.4 Å². The van der Waals surface area contributed by atoms with Crippen molar-refractivity contribution in [3.63, 3.8) is 0 Å². The molecule has 2 amide bonds. The minimum absolute atomic E-state index is 0.0328. The van der Waals surface area contributed by atoms with Crippen molar-refractivity contribution in [1.82, 2.24) is 0 Å². The Hall–Kier alpha value is -3.42. The highest BCUT2D eigenvalue weighted by Crippen LogP contribution is 2.38. The number of anilines is 2. The Labute approximate surface area is 180 Å². The molecule has 1 heterocycles. The van der Waals surface area contributed by atoms with Crippen molar-refractivity contribution in [2.75, 3.05) is 10.2 Å². The van der Waals surface area contributed by atoms with Crippen LogP contribution in [-0.2, 0) is 11.3 Å². The first kappa shape index (κ1) is 20.8. The Morgan fingerprint density at radius 3 is 2.48 bits per heavy atom. The first-order chi connectivity index (χ1) is 14.9. The molecule has 1 aliphatic heterocycles. The van der Waals surface area contributed by atoms with Crippen molar-refractivity contribution in [3.8, 4) is 0 Å². The summed E-state index contributed by atoms with van der Waals surface area (Å²) < 4.78 is 0. The van der Waals surface area contributed by atoms with E-state index in [-0.39, 0.29) is 17.6 Å². The maximum Gasteiger partial charge on any atom is 0.269 e. The predicted molar refractivity (Wildman–Crippen MR) is 118 cm³/mol. The average Bonchev–Trinajstić information content (AvgIpc) is 2.76. The zero-order chi connectivity index (χ0) is 22.0. The van der Waals surface area contributed by atoms with Gasteiger partial charge in [0.1, 0.15) is 6.04 Å². The third-order valence-corrected chi connectivity index (χ3v) is 6.31. The second-order valence-corrected chi connectivity index (χ2v) is 8.39. The van der Waals surface area contributed by atoms with Crippen molar-refractivity contribution < 1.29 is 14.5 Å². The van der Waals surface area contributed by atoms with E-state index in [2.05, 4.69) is 10.2 Å². The van der Waals surface area contributed by atoms with Gasteiger partial charge in [0.05, 0.1) is 16.3 Å². The molecule has 0 unspecified atom stereocenters. The molecule has 0 bridgehead atoms.